The highest BCUT2D eigenvalue weighted by atomic mass is 79.9. The standard InChI is InChI=1S/C11H14BrN3O3/c12-10-2-1-9(18-10)7-13-14-11(16)8-15-3-5-17-6-4-15/h1-2,7H,3-6,8H2,(H,14,16)/b13-7+. The van der Waals surface area contributed by atoms with Crippen LogP contribution in [0.3, 0.4) is 0 Å². The van der Waals surface area contributed by atoms with Gasteiger partial charge in [0.1, 0.15) is 5.76 Å². The molecule has 1 N–H and O–H groups in total. The zero-order chi connectivity index (χ0) is 12.8. The molecule has 1 fully saturated rings. The summed E-state index contributed by atoms with van der Waals surface area (Å²) < 4.78 is 11.0. The maximum absolute atomic E-state index is 11.6. The lowest BCUT2D eigenvalue weighted by atomic mass is 10.4. The molecule has 0 spiro atoms. The van der Waals surface area contributed by atoms with E-state index in [0.717, 1.165) is 13.1 Å². The minimum Gasteiger partial charge on any atom is -0.448 e. The second kappa shape index (κ2) is 6.67. The Hall–Kier alpha value is -1.18. The van der Waals surface area contributed by atoms with E-state index in [2.05, 4.69) is 26.5 Å². The summed E-state index contributed by atoms with van der Waals surface area (Å²) in [5.74, 6) is 0.437. The second-order valence-corrected chi connectivity index (χ2v) is 4.61. The van der Waals surface area contributed by atoms with Crippen LogP contribution in [0.15, 0.2) is 26.3 Å². The average Bonchev–Trinajstić information content (AvgIpc) is 2.76. The third kappa shape index (κ3) is 4.25. The van der Waals surface area contributed by atoms with E-state index >= 15 is 0 Å². The number of furan rings is 1. The predicted octanol–water partition coefficient (Wildman–Crippen LogP) is 0.824. The Morgan fingerprint density at radius 3 is 2.94 bits per heavy atom. The van der Waals surface area contributed by atoms with Crippen LogP contribution in [0.25, 0.3) is 0 Å². The van der Waals surface area contributed by atoms with Crippen molar-refractivity contribution in [1.29, 1.82) is 0 Å². The van der Waals surface area contributed by atoms with E-state index in [-0.39, 0.29) is 5.91 Å². The quantitative estimate of drug-likeness (QED) is 0.660. The van der Waals surface area contributed by atoms with Gasteiger partial charge in [-0.25, -0.2) is 5.43 Å². The number of rotatable bonds is 4. The maximum atomic E-state index is 11.6. The van der Waals surface area contributed by atoms with Crippen LogP contribution in [0, 0.1) is 0 Å². The molecule has 2 rings (SSSR count). The van der Waals surface area contributed by atoms with Gasteiger partial charge in [0.2, 0.25) is 0 Å². The van der Waals surface area contributed by atoms with Crippen LogP contribution >= 0.6 is 15.9 Å². The first-order valence-corrected chi connectivity index (χ1v) is 6.41. The molecule has 0 unspecified atom stereocenters. The summed E-state index contributed by atoms with van der Waals surface area (Å²) in [5.41, 5.74) is 2.46. The van der Waals surface area contributed by atoms with Crippen LogP contribution < -0.4 is 5.43 Å². The number of nitrogens with one attached hydrogen (secondary N) is 1. The molecule has 18 heavy (non-hydrogen) atoms. The van der Waals surface area contributed by atoms with Crippen LogP contribution in [0.1, 0.15) is 5.76 Å². The Morgan fingerprint density at radius 2 is 2.28 bits per heavy atom. The number of amides is 1. The van der Waals surface area contributed by atoms with Crippen molar-refractivity contribution in [1.82, 2.24) is 10.3 Å². The van der Waals surface area contributed by atoms with Crippen LogP contribution in [0.4, 0.5) is 0 Å². The minimum atomic E-state index is -0.140. The molecular formula is C11H14BrN3O3. The first kappa shape index (κ1) is 13.3. The van der Waals surface area contributed by atoms with Crippen molar-refractivity contribution in [3.63, 3.8) is 0 Å². The summed E-state index contributed by atoms with van der Waals surface area (Å²) >= 11 is 3.18. The van der Waals surface area contributed by atoms with E-state index in [0.29, 0.717) is 30.2 Å². The fourth-order valence-corrected chi connectivity index (χ4v) is 1.88. The van der Waals surface area contributed by atoms with E-state index in [4.69, 9.17) is 9.15 Å². The lowest BCUT2D eigenvalue weighted by Crippen LogP contribution is -2.42. The van der Waals surface area contributed by atoms with Gasteiger partial charge >= 0.3 is 0 Å². The Kier molecular flexibility index (Phi) is 4.91. The molecule has 0 bridgehead atoms. The van der Waals surface area contributed by atoms with Gasteiger partial charge in [0.15, 0.2) is 4.67 Å². The third-order valence-electron chi connectivity index (χ3n) is 2.45. The molecule has 7 heteroatoms. The lowest BCUT2D eigenvalue weighted by molar-refractivity contribution is -0.123. The topological polar surface area (TPSA) is 67.1 Å². The number of nitrogens with zero attached hydrogens (tertiary/aromatic N) is 2. The zero-order valence-corrected chi connectivity index (χ0v) is 11.4. The molecule has 1 saturated heterocycles. The van der Waals surface area contributed by atoms with Gasteiger partial charge in [-0.1, -0.05) is 0 Å². The van der Waals surface area contributed by atoms with Crippen molar-refractivity contribution in [2.75, 3.05) is 32.8 Å². The number of hydrogen-bond donors (Lipinski definition) is 1. The first-order valence-electron chi connectivity index (χ1n) is 5.61. The monoisotopic (exact) mass is 315 g/mol. The smallest absolute Gasteiger partial charge is 0.254 e. The van der Waals surface area contributed by atoms with Crippen molar-refractivity contribution in [3.8, 4) is 0 Å². The molecule has 2 heterocycles. The van der Waals surface area contributed by atoms with E-state index in [1.54, 1.807) is 12.1 Å². The number of carbonyl (C=O) groups is 1. The summed E-state index contributed by atoms with van der Waals surface area (Å²) in [4.78, 5) is 13.6. The van der Waals surface area contributed by atoms with Gasteiger partial charge in [0, 0.05) is 13.1 Å². The number of hydrazone groups is 1. The molecule has 0 aliphatic carbocycles. The summed E-state index contributed by atoms with van der Waals surface area (Å²) in [7, 11) is 0. The first-order chi connectivity index (χ1) is 8.74. The Bertz CT molecular complexity index is 427. The van der Waals surface area contributed by atoms with Crippen LogP contribution in [-0.4, -0.2) is 49.9 Å². The molecule has 1 aromatic heterocycles. The highest BCUT2D eigenvalue weighted by Crippen LogP contribution is 2.11. The van der Waals surface area contributed by atoms with E-state index in [9.17, 15) is 4.79 Å². The van der Waals surface area contributed by atoms with Gasteiger partial charge in [-0.05, 0) is 28.1 Å². The van der Waals surface area contributed by atoms with Gasteiger partial charge < -0.3 is 9.15 Å². The fraction of sp³-hybridized carbons (Fsp3) is 0.455. The van der Waals surface area contributed by atoms with Crippen molar-refractivity contribution >= 4 is 28.1 Å². The molecule has 1 amide bonds. The summed E-state index contributed by atoms with van der Waals surface area (Å²) in [5, 5.41) is 3.82. The summed E-state index contributed by atoms with van der Waals surface area (Å²) in [6.45, 7) is 3.25. The average molecular weight is 316 g/mol. The Labute approximate surface area is 113 Å². The third-order valence-corrected chi connectivity index (χ3v) is 2.87. The predicted molar refractivity (Wildman–Crippen MR) is 69.4 cm³/mol. The second-order valence-electron chi connectivity index (χ2n) is 3.82. The van der Waals surface area contributed by atoms with E-state index < -0.39 is 0 Å². The van der Waals surface area contributed by atoms with E-state index in [1.165, 1.54) is 6.21 Å². The number of carbonyl (C=O) groups excluding carboxylic acids is 1. The van der Waals surface area contributed by atoms with Gasteiger partial charge in [0.25, 0.3) is 5.91 Å². The van der Waals surface area contributed by atoms with Crippen molar-refractivity contribution in [3.05, 3.63) is 22.6 Å². The number of morpholine rings is 1. The molecule has 1 aromatic rings. The number of ether oxygens (including phenoxy) is 1. The van der Waals surface area contributed by atoms with Gasteiger partial charge in [-0.3, -0.25) is 9.69 Å². The largest absolute Gasteiger partial charge is 0.448 e. The van der Waals surface area contributed by atoms with Gasteiger partial charge in [-0.2, -0.15) is 5.10 Å². The molecule has 0 radical (unpaired) electrons. The number of hydrogen-bond acceptors (Lipinski definition) is 5. The fourth-order valence-electron chi connectivity index (χ4n) is 1.56. The van der Waals surface area contributed by atoms with Gasteiger partial charge in [-0.15, -0.1) is 0 Å². The van der Waals surface area contributed by atoms with Crippen LogP contribution in [0.5, 0.6) is 0 Å². The molecule has 1 aliphatic rings. The lowest BCUT2D eigenvalue weighted by Gasteiger charge is -2.25. The highest BCUT2D eigenvalue weighted by molar-refractivity contribution is 9.10. The van der Waals surface area contributed by atoms with Crippen molar-refractivity contribution < 1.29 is 13.9 Å². The maximum Gasteiger partial charge on any atom is 0.254 e. The number of halogens is 1. The zero-order valence-electron chi connectivity index (χ0n) is 9.76. The van der Waals surface area contributed by atoms with Gasteiger partial charge in [0.05, 0.1) is 26.0 Å². The Morgan fingerprint density at radius 1 is 1.50 bits per heavy atom. The normalized spacial score (nSPS) is 17.2. The summed E-state index contributed by atoms with van der Waals surface area (Å²) in [6, 6.07) is 3.51. The van der Waals surface area contributed by atoms with Crippen molar-refractivity contribution in [2.45, 2.75) is 0 Å². The van der Waals surface area contributed by atoms with Crippen LogP contribution in [-0.2, 0) is 9.53 Å². The molecule has 98 valence electrons. The van der Waals surface area contributed by atoms with E-state index in [1.807, 2.05) is 4.90 Å². The molecule has 0 aromatic carbocycles. The summed E-state index contributed by atoms with van der Waals surface area (Å²) in [6.07, 6.45) is 1.46. The molecule has 0 atom stereocenters. The van der Waals surface area contributed by atoms with Crippen LogP contribution in [0.2, 0.25) is 0 Å². The molecular weight excluding hydrogens is 302 g/mol. The molecule has 0 saturated carbocycles. The molecule has 6 nitrogen and oxygen atoms in total. The Balaban J connectivity index is 1.72. The highest BCUT2D eigenvalue weighted by Gasteiger charge is 2.13. The molecule has 1 aliphatic heterocycles. The SMILES string of the molecule is O=C(CN1CCOCC1)N/N=C/c1ccc(Br)o1. The van der Waals surface area contributed by atoms with Crippen molar-refractivity contribution in [2.24, 2.45) is 5.10 Å². The minimum absolute atomic E-state index is 0.140.